The highest BCUT2D eigenvalue weighted by Crippen LogP contribution is 2.32. The Bertz CT molecular complexity index is 1080. The van der Waals surface area contributed by atoms with Crippen molar-refractivity contribution in [2.75, 3.05) is 11.4 Å². The number of nitro groups is 1. The summed E-state index contributed by atoms with van der Waals surface area (Å²) in [5.41, 5.74) is 0.323. The van der Waals surface area contributed by atoms with E-state index in [0.29, 0.717) is 11.4 Å². The van der Waals surface area contributed by atoms with Crippen LogP contribution in [0.25, 0.3) is 0 Å². The Morgan fingerprint density at radius 3 is 2.39 bits per heavy atom. The van der Waals surface area contributed by atoms with Crippen LogP contribution in [0.4, 0.5) is 11.4 Å². The summed E-state index contributed by atoms with van der Waals surface area (Å²) in [4.78, 5) is 11.4. The Kier molecular flexibility index (Phi) is 5.66. The fourth-order valence-electron chi connectivity index (χ4n) is 2.81. The number of nitrogens with zero attached hydrogens (tertiary/aromatic N) is 2. The molecule has 7 nitrogen and oxygen atoms in total. The molecule has 0 unspecified atom stereocenters. The number of methoxy groups -OCH3 is 1. The van der Waals surface area contributed by atoms with Crippen molar-refractivity contribution in [3.8, 4) is 5.75 Å². The van der Waals surface area contributed by atoms with Crippen molar-refractivity contribution >= 4 is 32.7 Å². The smallest absolute Gasteiger partial charge is 0.273 e. The lowest BCUT2D eigenvalue weighted by atomic mass is 10.2. The molecule has 0 bridgehead atoms. The van der Waals surface area contributed by atoms with Gasteiger partial charge in [0.15, 0.2) is 0 Å². The van der Waals surface area contributed by atoms with Crippen LogP contribution in [-0.4, -0.2) is 20.5 Å². The molecule has 0 saturated heterocycles. The number of ether oxygens (including phenoxy) is 1. The molecule has 0 aliphatic carbocycles. The van der Waals surface area contributed by atoms with Gasteiger partial charge in [0, 0.05) is 16.5 Å². The first-order chi connectivity index (χ1) is 13.3. The van der Waals surface area contributed by atoms with Gasteiger partial charge in [-0.3, -0.25) is 14.4 Å². The number of hydrogen-bond donors (Lipinski definition) is 0. The van der Waals surface area contributed by atoms with Crippen LogP contribution in [0.5, 0.6) is 5.75 Å². The van der Waals surface area contributed by atoms with Crippen LogP contribution < -0.4 is 9.04 Å². The normalized spacial score (nSPS) is 11.2. The number of nitro benzene ring substituents is 1. The van der Waals surface area contributed by atoms with E-state index >= 15 is 0 Å². The summed E-state index contributed by atoms with van der Waals surface area (Å²) < 4.78 is 33.4. The zero-order valence-corrected chi connectivity index (χ0v) is 16.9. The lowest BCUT2D eigenvalue weighted by molar-refractivity contribution is -0.385. The first-order valence-corrected chi connectivity index (χ1v) is 10.6. The topological polar surface area (TPSA) is 89.8 Å². The van der Waals surface area contributed by atoms with Gasteiger partial charge in [0.25, 0.3) is 15.7 Å². The minimum atomic E-state index is -4.04. The minimum absolute atomic E-state index is 0.0888. The standard InChI is InChI=1S/C19H18N2O5S2/c1-14-18(21(22)23)6-3-7-19(14)28(24,25)20(13-17-5-4-12-27-17)15-8-10-16(26-2)11-9-15/h3-12H,13H2,1-2H3. The summed E-state index contributed by atoms with van der Waals surface area (Å²) in [6.45, 7) is 1.57. The van der Waals surface area contributed by atoms with Crippen molar-refractivity contribution in [3.05, 3.63) is 80.5 Å². The number of sulfonamides is 1. The maximum absolute atomic E-state index is 13.5. The summed E-state index contributed by atoms with van der Waals surface area (Å²) in [5.74, 6) is 0.601. The van der Waals surface area contributed by atoms with E-state index in [0.717, 1.165) is 4.88 Å². The quantitative estimate of drug-likeness (QED) is 0.420. The molecule has 0 aliphatic heterocycles. The zero-order chi connectivity index (χ0) is 20.3. The number of benzene rings is 2. The highest BCUT2D eigenvalue weighted by molar-refractivity contribution is 7.92. The van der Waals surface area contributed by atoms with Crippen LogP contribution in [0.15, 0.2) is 64.9 Å². The van der Waals surface area contributed by atoms with Gasteiger partial charge >= 0.3 is 0 Å². The average Bonchev–Trinajstić information content (AvgIpc) is 3.19. The number of anilines is 1. The Hall–Kier alpha value is -2.91. The molecule has 9 heteroatoms. The van der Waals surface area contributed by atoms with E-state index < -0.39 is 14.9 Å². The SMILES string of the molecule is COc1ccc(N(Cc2cccs2)S(=O)(=O)c2cccc([N+](=O)[O-])c2C)cc1. The van der Waals surface area contributed by atoms with E-state index in [2.05, 4.69) is 0 Å². The van der Waals surface area contributed by atoms with Gasteiger partial charge in [-0.05, 0) is 48.7 Å². The van der Waals surface area contributed by atoms with Crippen molar-refractivity contribution in [2.45, 2.75) is 18.4 Å². The zero-order valence-electron chi connectivity index (χ0n) is 15.2. The molecular weight excluding hydrogens is 400 g/mol. The molecule has 0 aliphatic rings. The third kappa shape index (κ3) is 3.85. The predicted octanol–water partition coefficient (Wildman–Crippen LogP) is 4.37. The van der Waals surface area contributed by atoms with Gasteiger partial charge in [-0.2, -0.15) is 0 Å². The van der Waals surface area contributed by atoms with E-state index in [1.807, 2.05) is 17.5 Å². The second-order valence-electron chi connectivity index (χ2n) is 5.95. The molecule has 0 saturated carbocycles. The molecule has 3 rings (SSSR count). The van der Waals surface area contributed by atoms with Crippen molar-refractivity contribution in [2.24, 2.45) is 0 Å². The summed E-state index contributed by atoms with van der Waals surface area (Å²) in [5, 5.41) is 13.1. The lowest BCUT2D eigenvalue weighted by Gasteiger charge is -2.25. The number of hydrogen-bond acceptors (Lipinski definition) is 6. The summed E-state index contributed by atoms with van der Waals surface area (Å²) in [7, 11) is -2.51. The third-order valence-corrected chi connectivity index (χ3v) is 7.04. The molecule has 0 atom stereocenters. The summed E-state index contributed by atoms with van der Waals surface area (Å²) in [6.07, 6.45) is 0. The summed E-state index contributed by atoms with van der Waals surface area (Å²) >= 11 is 1.44. The Morgan fingerprint density at radius 2 is 1.82 bits per heavy atom. The van der Waals surface area contributed by atoms with Crippen LogP contribution in [0.2, 0.25) is 0 Å². The predicted molar refractivity (Wildman–Crippen MR) is 109 cm³/mol. The minimum Gasteiger partial charge on any atom is -0.497 e. The fourth-order valence-corrected chi connectivity index (χ4v) is 5.27. The van der Waals surface area contributed by atoms with Gasteiger partial charge in [0.1, 0.15) is 5.75 Å². The van der Waals surface area contributed by atoms with Gasteiger partial charge in [-0.1, -0.05) is 12.1 Å². The van der Waals surface area contributed by atoms with Crippen molar-refractivity contribution in [1.82, 2.24) is 0 Å². The Labute approximate surface area is 167 Å². The van der Waals surface area contributed by atoms with Crippen LogP contribution in [-0.2, 0) is 16.6 Å². The maximum Gasteiger partial charge on any atom is 0.273 e. The van der Waals surface area contributed by atoms with E-state index in [-0.39, 0.29) is 22.7 Å². The number of thiophene rings is 1. The van der Waals surface area contributed by atoms with E-state index in [1.54, 1.807) is 24.3 Å². The molecule has 3 aromatic rings. The lowest BCUT2D eigenvalue weighted by Crippen LogP contribution is -2.31. The van der Waals surface area contributed by atoms with Gasteiger partial charge in [0.2, 0.25) is 0 Å². The fraction of sp³-hybridized carbons (Fsp3) is 0.158. The molecule has 1 heterocycles. The molecule has 146 valence electrons. The van der Waals surface area contributed by atoms with Gasteiger partial charge in [0.05, 0.1) is 29.2 Å². The molecule has 0 N–H and O–H groups in total. The van der Waals surface area contributed by atoms with Crippen LogP contribution in [0, 0.1) is 17.0 Å². The molecule has 0 radical (unpaired) electrons. The maximum atomic E-state index is 13.5. The highest BCUT2D eigenvalue weighted by Gasteiger charge is 2.30. The van der Waals surface area contributed by atoms with E-state index in [1.165, 1.54) is 47.9 Å². The largest absolute Gasteiger partial charge is 0.497 e. The first kappa shape index (κ1) is 19.8. The average molecular weight is 418 g/mol. The first-order valence-electron chi connectivity index (χ1n) is 8.28. The van der Waals surface area contributed by atoms with E-state index in [4.69, 9.17) is 4.74 Å². The highest BCUT2D eigenvalue weighted by atomic mass is 32.2. The molecular formula is C19H18N2O5S2. The van der Waals surface area contributed by atoms with E-state index in [9.17, 15) is 18.5 Å². The molecule has 28 heavy (non-hydrogen) atoms. The second kappa shape index (κ2) is 7.99. The summed E-state index contributed by atoms with van der Waals surface area (Å²) in [6, 6.07) is 14.4. The Balaban J connectivity index is 2.13. The molecule has 2 aromatic carbocycles. The molecule has 0 fully saturated rings. The Morgan fingerprint density at radius 1 is 1.11 bits per heavy atom. The van der Waals surface area contributed by atoms with Gasteiger partial charge in [-0.15, -0.1) is 11.3 Å². The van der Waals surface area contributed by atoms with Crippen LogP contribution >= 0.6 is 11.3 Å². The number of rotatable bonds is 7. The van der Waals surface area contributed by atoms with Gasteiger partial charge in [-0.25, -0.2) is 8.42 Å². The van der Waals surface area contributed by atoms with Crippen LogP contribution in [0.3, 0.4) is 0 Å². The van der Waals surface area contributed by atoms with Crippen molar-refractivity contribution in [3.63, 3.8) is 0 Å². The van der Waals surface area contributed by atoms with Crippen molar-refractivity contribution < 1.29 is 18.1 Å². The molecule has 1 aromatic heterocycles. The van der Waals surface area contributed by atoms with Gasteiger partial charge < -0.3 is 4.74 Å². The third-order valence-electron chi connectivity index (χ3n) is 4.26. The van der Waals surface area contributed by atoms with Crippen molar-refractivity contribution in [1.29, 1.82) is 0 Å². The van der Waals surface area contributed by atoms with Crippen LogP contribution in [0.1, 0.15) is 10.4 Å². The second-order valence-corrected chi connectivity index (χ2v) is 8.81. The molecule has 0 spiro atoms. The monoisotopic (exact) mass is 418 g/mol. The molecule has 0 amide bonds.